The number of carbonyl (C=O) groups excluding carboxylic acids is 1. The van der Waals surface area contributed by atoms with E-state index in [9.17, 15) is 4.79 Å². The molecule has 15 heavy (non-hydrogen) atoms. The van der Waals surface area contributed by atoms with Crippen molar-refractivity contribution >= 4 is 6.03 Å². The summed E-state index contributed by atoms with van der Waals surface area (Å²) in [5, 5.41) is 6.35. The largest absolute Gasteiger partial charge is 0.341 e. The summed E-state index contributed by atoms with van der Waals surface area (Å²) in [5.41, 5.74) is 0.350. The molecular formula is C11H21N3O. The number of nitrogens with one attached hydrogen (secondary N) is 2. The van der Waals surface area contributed by atoms with Crippen LogP contribution in [0.5, 0.6) is 0 Å². The highest BCUT2D eigenvalue weighted by Gasteiger charge is 2.36. The number of urea groups is 1. The number of carbonyl (C=O) groups is 1. The van der Waals surface area contributed by atoms with Gasteiger partial charge in [0.25, 0.3) is 0 Å². The van der Waals surface area contributed by atoms with Crippen LogP contribution in [0.15, 0.2) is 0 Å². The van der Waals surface area contributed by atoms with Gasteiger partial charge >= 0.3 is 6.03 Å². The van der Waals surface area contributed by atoms with Crippen LogP contribution in [-0.2, 0) is 0 Å². The normalized spacial score (nSPS) is 25.3. The van der Waals surface area contributed by atoms with Crippen molar-refractivity contribution in [1.82, 2.24) is 15.5 Å². The Morgan fingerprint density at radius 3 is 2.53 bits per heavy atom. The first-order valence-electron chi connectivity index (χ1n) is 5.97. The Kier molecular flexibility index (Phi) is 3.14. The molecule has 2 saturated heterocycles. The highest BCUT2D eigenvalue weighted by molar-refractivity contribution is 5.73. The molecular weight excluding hydrogens is 190 g/mol. The van der Waals surface area contributed by atoms with Crippen molar-refractivity contribution in [2.75, 3.05) is 26.7 Å². The highest BCUT2D eigenvalue weighted by atomic mass is 16.2. The van der Waals surface area contributed by atoms with Gasteiger partial charge in [-0.1, -0.05) is 6.42 Å². The lowest BCUT2D eigenvalue weighted by molar-refractivity contribution is 0.123. The summed E-state index contributed by atoms with van der Waals surface area (Å²) in [6.45, 7) is 2.94. The summed E-state index contributed by atoms with van der Waals surface area (Å²) >= 11 is 0. The second-order valence-electron chi connectivity index (χ2n) is 4.71. The molecule has 2 heterocycles. The molecule has 2 rings (SSSR count). The SMILES string of the molecule is CNC(=O)N1CCC2(CCCCN2)CC1. The zero-order valence-corrected chi connectivity index (χ0v) is 9.51. The van der Waals surface area contributed by atoms with E-state index in [0.717, 1.165) is 32.5 Å². The second-order valence-corrected chi connectivity index (χ2v) is 4.71. The summed E-state index contributed by atoms with van der Waals surface area (Å²) in [6, 6.07) is 0.0701. The van der Waals surface area contributed by atoms with E-state index in [1.54, 1.807) is 7.05 Å². The van der Waals surface area contributed by atoms with Crippen molar-refractivity contribution in [2.45, 2.75) is 37.6 Å². The number of amides is 2. The van der Waals surface area contributed by atoms with Gasteiger partial charge in [-0.15, -0.1) is 0 Å². The minimum absolute atomic E-state index is 0.0701. The summed E-state index contributed by atoms with van der Waals surface area (Å²) < 4.78 is 0. The molecule has 0 unspecified atom stereocenters. The van der Waals surface area contributed by atoms with Gasteiger partial charge in [0.05, 0.1) is 0 Å². The lowest BCUT2D eigenvalue weighted by Crippen LogP contribution is -2.57. The molecule has 0 radical (unpaired) electrons. The zero-order valence-electron chi connectivity index (χ0n) is 9.51. The van der Waals surface area contributed by atoms with E-state index in [0.29, 0.717) is 5.54 Å². The van der Waals surface area contributed by atoms with E-state index >= 15 is 0 Å². The molecule has 0 aliphatic carbocycles. The Bertz CT molecular complexity index is 226. The van der Waals surface area contributed by atoms with Gasteiger partial charge in [0.1, 0.15) is 0 Å². The standard InChI is InChI=1S/C11H21N3O/c1-12-10(15)14-8-5-11(6-9-14)4-2-3-7-13-11/h13H,2-9H2,1H3,(H,12,15). The minimum atomic E-state index is 0.0701. The Morgan fingerprint density at radius 1 is 1.27 bits per heavy atom. The average Bonchev–Trinajstić information content (AvgIpc) is 2.30. The smallest absolute Gasteiger partial charge is 0.317 e. The molecule has 0 aromatic carbocycles. The third-order valence-corrected chi connectivity index (χ3v) is 3.80. The molecule has 0 bridgehead atoms. The minimum Gasteiger partial charge on any atom is -0.341 e. The van der Waals surface area contributed by atoms with Gasteiger partial charge in [-0.25, -0.2) is 4.79 Å². The Labute approximate surface area is 91.4 Å². The number of nitrogens with zero attached hydrogens (tertiary/aromatic N) is 1. The molecule has 2 amide bonds. The van der Waals surface area contributed by atoms with E-state index in [2.05, 4.69) is 10.6 Å². The lowest BCUT2D eigenvalue weighted by Gasteiger charge is -2.44. The lowest BCUT2D eigenvalue weighted by atomic mass is 9.80. The van der Waals surface area contributed by atoms with Gasteiger partial charge in [-0.3, -0.25) is 0 Å². The van der Waals surface area contributed by atoms with Crippen LogP contribution < -0.4 is 10.6 Å². The molecule has 2 aliphatic rings. The van der Waals surface area contributed by atoms with Crippen molar-refractivity contribution in [3.8, 4) is 0 Å². The van der Waals surface area contributed by atoms with Crippen molar-refractivity contribution in [3.05, 3.63) is 0 Å². The van der Waals surface area contributed by atoms with Gasteiger partial charge in [-0.05, 0) is 32.2 Å². The fourth-order valence-corrected chi connectivity index (χ4v) is 2.75. The first-order valence-corrected chi connectivity index (χ1v) is 5.97. The predicted molar refractivity (Wildman–Crippen MR) is 59.8 cm³/mol. The van der Waals surface area contributed by atoms with E-state index < -0.39 is 0 Å². The predicted octanol–water partition coefficient (Wildman–Crippen LogP) is 0.934. The molecule has 2 N–H and O–H groups in total. The third-order valence-electron chi connectivity index (χ3n) is 3.80. The summed E-state index contributed by atoms with van der Waals surface area (Å²) in [6.07, 6.45) is 6.16. The van der Waals surface area contributed by atoms with Crippen LogP contribution in [-0.4, -0.2) is 43.2 Å². The Balaban J connectivity index is 1.88. The maximum absolute atomic E-state index is 11.4. The van der Waals surface area contributed by atoms with Crippen LogP contribution in [0.2, 0.25) is 0 Å². The van der Waals surface area contributed by atoms with Crippen LogP contribution in [0, 0.1) is 0 Å². The maximum Gasteiger partial charge on any atom is 0.317 e. The van der Waals surface area contributed by atoms with E-state index in [-0.39, 0.29) is 6.03 Å². The number of rotatable bonds is 0. The van der Waals surface area contributed by atoms with Crippen LogP contribution in [0.3, 0.4) is 0 Å². The van der Waals surface area contributed by atoms with Crippen LogP contribution in [0.1, 0.15) is 32.1 Å². The molecule has 86 valence electrons. The second kappa shape index (κ2) is 4.39. The fraction of sp³-hybridized carbons (Fsp3) is 0.909. The molecule has 0 aromatic heterocycles. The van der Waals surface area contributed by atoms with E-state index in [1.807, 2.05) is 4.90 Å². The zero-order chi connectivity index (χ0) is 10.7. The molecule has 0 saturated carbocycles. The van der Waals surface area contributed by atoms with Gasteiger partial charge in [0, 0.05) is 25.7 Å². The van der Waals surface area contributed by atoms with Crippen LogP contribution >= 0.6 is 0 Å². The number of hydrogen-bond donors (Lipinski definition) is 2. The first-order chi connectivity index (χ1) is 7.26. The Hall–Kier alpha value is -0.770. The van der Waals surface area contributed by atoms with E-state index in [4.69, 9.17) is 0 Å². The summed E-state index contributed by atoms with van der Waals surface area (Å²) in [4.78, 5) is 13.4. The fourth-order valence-electron chi connectivity index (χ4n) is 2.75. The van der Waals surface area contributed by atoms with Crippen molar-refractivity contribution in [2.24, 2.45) is 0 Å². The first kappa shape index (κ1) is 10.7. The molecule has 1 spiro atoms. The van der Waals surface area contributed by atoms with Gasteiger partial charge in [0.15, 0.2) is 0 Å². The molecule has 4 nitrogen and oxygen atoms in total. The van der Waals surface area contributed by atoms with Crippen LogP contribution in [0.4, 0.5) is 4.79 Å². The quantitative estimate of drug-likeness (QED) is 0.626. The molecule has 0 aromatic rings. The monoisotopic (exact) mass is 211 g/mol. The molecule has 2 fully saturated rings. The van der Waals surface area contributed by atoms with Crippen molar-refractivity contribution in [1.29, 1.82) is 0 Å². The van der Waals surface area contributed by atoms with Crippen LogP contribution in [0.25, 0.3) is 0 Å². The average molecular weight is 211 g/mol. The topological polar surface area (TPSA) is 44.4 Å². The highest BCUT2D eigenvalue weighted by Crippen LogP contribution is 2.30. The van der Waals surface area contributed by atoms with E-state index in [1.165, 1.54) is 19.3 Å². The Morgan fingerprint density at radius 2 is 2.00 bits per heavy atom. The summed E-state index contributed by atoms with van der Waals surface area (Å²) in [5.74, 6) is 0. The van der Waals surface area contributed by atoms with Crippen molar-refractivity contribution in [3.63, 3.8) is 0 Å². The molecule has 4 heteroatoms. The van der Waals surface area contributed by atoms with Gasteiger partial charge < -0.3 is 15.5 Å². The number of likely N-dealkylation sites (tertiary alicyclic amines) is 1. The summed E-state index contributed by atoms with van der Waals surface area (Å²) in [7, 11) is 1.70. The number of hydrogen-bond acceptors (Lipinski definition) is 2. The molecule has 0 atom stereocenters. The molecule has 2 aliphatic heterocycles. The van der Waals surface area contributed by atoms with Gasteiger partial charge in [-0.2, -0.15) is 0 Å². The number of piperidine rings is 2. The third kappa shape index (κ3) is 2.25. The van der Waals surface area contributed by atoms with Crippen molar-refractivity contribution < 1.29 is 4.79 Å². The maximum atomic E-state index is 11.4. The van der Waals surface area contributed by atoms with Gasteiger partial charge in [0.2, 0.25) is 0 Å².